The number of aromatic amines is 1. The molecule has 15 heavy (non-hydrogen) atoms. The quantitative estimate of drug-likeness (QED) is 0.864. The van der Waals surface area contributed by atoms with Crippen LogP contribution in [0.5, 0.6) is 0 Å². The number of nitrogens with one attached hydrogen (secondary N) is 1. The molecule has 2 rings (SSSR count). The van der Waals surface area contributed by atoms with Crippen molar-refractivity contribution in [3.63, 3.8) is 0 Å². The highest BCUT2D eigenvalue weighted by Gasteiger charge is 2.06. The second kappa shape index (κ2) is 4.13. The molecule has 1 heterocycles. The summed E-state index contributed by atoms with van der Waals surface area (Å²) >= 11 is 12.0. The molecular formula is C10H8Cl2N2O. The van der Waals surface area contributed by atoms with Crippen LogP contribution in [-0.4, -0.2) is 9.55 Å². The molecule has 0 bridgehead atoms. The van der Waals surface area contributed by atoms with Crippen molar-refractivity contribution in [1.82, 2.24) is 9.55 Å². The summed E-state index contributed by atoms with van der Waals surface area (Å²) in [5.41, 5.74) is 0.577. The SMILES string of the molecule is O=c1[nH]ccn1Cc1c(Cl)cccc1Cl. The minimum atomic E-state index is -0.175. The summed E-state index contributed by atoms with van der Waals surface area (Å²) in [5, 5.41) is 1.13. The predicted octanol–water partition coefficient (Wildman–Crippen LogP) is 2.53. The maximum Gasteiger partial charge on any atom is 0.325 e. The number of rotatable bonds is 2. The molecule has 0 aliphatic rings. The fourth-order valence-electron chi connectivity index (χ4n) is 1.33. The molecule has 0 aliphatic carbocycles. The number of hydrogen-bond donors (Lipinski definition) is 1. The van der Waals surface area contributed by atoms with Crippen molar-refractivity contribution in [2.45, 2.75) is 6.54 Å². The van der Waals surface area contributed by atoms with E-state index in [1.165, 1.54) is 4.57 Å². The summed E-state index contributed by atoms with van der Waals surface area (Å²) in [5.74, 6) is 0. The Balaban J connectivity index is 2.40. The van der Waals surface area contributed by atoms with Crippen LogP contribution < -0.4 is 5.69 Å². The minimum absolute atomic E-state index is 0.175. The zero-order valence-corrected chi connectivity index (χ0v) is 9.22. The first-order chi connectivity index (χ1) is 7.18. The molecule has 0 fully saturated rings. The van der Waals surface area contributed by atoms with Gasteiger partial charge in [0, 0.05) is 28.0 Å². The molecule has 3 nitrogen and oxygen atoms in total. The fourth-order valence-corrected chi connectivity index (χ4v) is 1.84. The number of aromatic nitrogens is 2. The van der Waals surface area contributed by atoms with Crippen molar-refractivity contribution in [1.29, 1.82) is 0 Å². The molecule has 0 atom stereocenters. The van der Waals surface area contributed by atoms with Crippen molar-refractivity contribution in [3.8, 4) is 0 Å². The predicted molar refractivity (Wildman–Crippen MR) is 60.6 cm³/mol. The van der Waals surface area contributed by atoms with Crippen molar-refractivity contribution in [2.24, 2.45) is 0 Å². The summed E-state index contributed by atoms with van der Waals surface area (Å²) in [6, 6.07) is 5.27. The van der Waals surface area contributed by atoms with E-state index in [-0.39, 0.29) is 5.69 Å². The molecular weight excluding hydrogens is 235 g/mol. The second-order valence-electron chi connectivity index (χ2n) is 3.09. The average Bonchev–Trinajstić information content (AvgIpc) is 2.58. The van der Waals surface area contributed by atoms with E-state index < -0.39 is 0 Å². The van der Waals surface area contributed by atoms with E-state index in [1.807, 2.05) is 0 Å². The van der Waals surface area contributed by atoms with Crippen LogP contribution in [0.15, 0.2) is 35.4 Å². The van der Waals surface area contributed by atoms with Crippen LogP contribution in [0.3, 0.4) is 0 Å². The standard InChI is InChI=1S/C10H8Cl2N2O/c11-8-2-1-3-9(12)7(8)6-14-5-4-13-10(14)15/h1-5H,6H2,(H,13,15). The fraction of sp³-hybridized carbons (Fsp3) is 0.100. The van der Waals surface area contributed by atoms with Gasteiger partial charge in [-0.2, -0.15) is 0 Å². The van der Waals surface area contributed by atoms with Gasteiger partial charge in [0.1, 0.15) is 0 Å². The molecule has 78 valence electrons. The van der Waals surface area contributed by atoms with E-state index in [0.717, 1.165) is 5.56 Å². The molecule has 1 N–H and O–H groups in total. The van der Waals surface area contributed by atoms with Crippen LogP contribution in [0.4, 0.5) is 0 Å². The Labute approximate surface area is 96.3 Å². The number of benzene rings is 1. The lowest BCUT2D eigenvalue weighted by Crippen LogP contribution is -2.17. The Morgan fingerprint density at radius 1 is 1.27 bits per heavy atom. The summed E-state index contributed by atoms with van der Waals surface area (Å²) in [7, 11) is 0. The summed E-state index contributed by atoms with van der Waals surface area (Å²) in [4.78, 5) is 13.8. The van der Waals surface area contributed by atoms with Gasteiger partial charge >= 0.3 is 5.69 Å². The number of hydrogen-bond acceptors (Lipinski definition) is 1. The van der Waals surface area contributed by atoms with E-state index in [2.05, 4.69) is 4.98 Å². The third-order valence-electron chi connectivity index (χ3n) is 2.11. The molecule has 1 aromatic heterocycles. The average molecular weight is 243 g/mol. The highest BCUT2D eigenvalue weighted by atomic mass is 35.5. The Morgan fingerprint density at radius 2 is 1.93 bits per heavy atom. The van der Waals surface area contributed by atoms with Crippen LogP contribution in [0.25, 0.3) is 0 Å². The van der Waals surface area contributed by atoms with Gasteiger partial charge in [0.2, 0.25) is 0 Å². The van der Waals surface area contributed by atoms with Gasteiger partial charge in [0.15, 0.2) is 0 Å². The summed E-state index contributed by atoms with van der Waals surface area (Å²) in [6.07, 6.45) is 3.23. The Morgan fingerprint density at radius 3 is 2.47 bits per heavy atom. The molecule has 0 unspecified atom stereocenters. The van der Waals surface area contributed by atoms with Crippen LogP contribution >= 0.6 is 23.2 Å². The van der Waals surface area contributed by atoms with Crippen LogP contribution in [-0.2, 0) is 6.54 Å². The number of H-pyrrole nitrogens is 1. The van der Waals surface area contributed by atoms with Crippen LogP contribution in [0.1, 0.15) is 5.56 Å². The topological polar surface area (TPSA) is 37.8 Å². The first-order valence-corrected chi connectivity index (χ1v) is 5.11. The highest BCUT2D eigenvalue weighted by Crippen LogP contribution is 2.24. The Kier molecular flexibility index (Phi) is 2.84. The second-order valence-corrected chi connectivity index (χ2v) is 3.91. The van der Waals surface area contributed by atoms with Gasteiger partial charge in [-0.05, 0) is 12.1 Å². The molecule has 0 saturated carbocycles. The van der Waals surface area contributed by atoms with Gasteiger partial charge in [0.05, 0.1) is 6.54 Å². The van der Waals surface area contributed by atoms with E-state index in [1.54, 1.807) is 30.6 Å². The third-order valence-corrected chi connectivity index (χ3v) is 2.82. The van der Waals surface area contributed by atoms with Crippen molar-refractivity contribution >= 4 is 23.2 Å². The molecule has 1 aromatic carbocycles. The van der Waals surface area contributed by atoms with Gasteiger partial charge in [-0.3, -0.25) is 4.57 Å². The molecule has 0 aliphatic heterocycles. The molecule has 2 aromatic rings. The van der Waals surface area contributed by atoms with Crippen molar-refractivity contribution in [3.05, 3.63) is 56.7 Å². The zero-order chi connectivity index (χ0) is 10.8. The van der Waals surface area contributed by atoms with Gasteiger partial charge < -0.3 is 4.98 Å². The Hall–Kier alpha value is -1.19. The first-order valence-electron chi connectivity index (χ1n) is 4.35. The maximum atomic E-state index is 11.3. The molecule has 0 saturated heterocycles. The van der Waals surface area contributed by atoms with E-state index >= 15 is 0 Å². The molecule has 0 amide bonds. The normalized spacial score (nSPS) is 10.5. The maximum absolute atomic E-state index is 11.3. The third kappa shape index (κ3) is 2.08. The summed E-state index contributed by atoms with van der Waals surface area (Å²) in [6.45, 7) is 0.376. The number of nitrogens with zero attached hydrogens (tertiary/aromatic N) is 1. The van der Waals surface area contributed by atoms with E-state index in [4.69, 9.17) is 23.2 Å². The zero-order valence-electron chi connectivity index (χ0n) is 7.71. The van der Waals surface area contributed by atoms with Gasteiger partial charge in [0.25, 0.3) is 0 Å². The number of imidazole rings is 1. The largest absolute Gasteiger partial charge is 0.325 e. The van der Waals surface area contributed by atoms with E-state index in [9.17, 15) is 4.79 Å². The monoisotopic (exact) mass is 242 g/mol. The minimum Gasteiger partial charge on any atom is -0.313 e. The van der Waals surface area contributed by atoms with Gasteiger partial charge in [-0.25, -0.2) is 4.79 Å². The van der Waals surface area contributed by atoms with Crippen LogP contribution in [0, 0.1) is 0 Å². The van der Waals surface area contributed by atoms with Gasteiger partial charge in [-0.15, -0.1) is 0 Å². The van der Waals surface area contributed by atoms with Crippen molar-refractivity contribution < 1.29 is 0 Å². The molecule has 0 radical (unpaired) electrons. The summed E-state index contributed by atoms with van der Waals surface area (Å²) < 4.78 is 1.51. The van der Waals surface area contributed by atoms with E-state index in [0.29, 0.717) is 16.6 Å². The smallest absolute Gasteiger partial charge is 0.313 e. The first kappa shape index (κ1) is 10.3. The Bertz CT molecular complexity index is 510. The lowest BCUT2D eigenvalue weighted by Gasteiger charge is -2.06. The molecule has 5 heteroatoms. The number of halogens is 2. The lowest BCUT2D eigenvalue weighted by atomic mass is 10.2. The van der Waals surface area contributed by atoms with Gasteiger partial charge in [-0.1, -0.05) is 29.3 Å². The van der Waals surface area contributed by atoms with Crippen molar-refractivity contribution in [2.75, 3.05) is 0 Å². The molecule has 0 spiro atoms. The lowest BCUT2D eigenvalue weighted by molar-refractivity contribution is 0.762. The van der Waals surface area contributed by atoms with Crippen LogP contribution in [0.2, 0.25) is 10.0 Å². The highest BCUT2D eigenvalue weighted by molar-refractivity contribution is 6.35.